The Morgan fingerprint density at radius 3 is 2.79 bits per heavy atom. The van der Waals surface area contributed by atoms with E-state index in [9.17, 15) is 14.0 Å². The lowest BCUT2D eigenvalue weighted by Gasteiger charge is -2.23. The zero-order valence-corrected chi connectivity index (χ0v) is 11.5. The Morgan fingerprint density at radius 2 is 2.16 bits per heavy atom. The number of benzene rings is 1. The summed E-state index contributed by atoms with van der Waals surface area (Å²) >= 11 is 1.36. The number of nitrogens with zero attached hydrogens (tertiary/aromatic N) is 1. The first-order valence-electron chi connectivity index (χ1n) is 5.95. The van der Waals surface area contributed by atoms with Crippen molar-refractivity contribution in [2.45, 2.75) is 17.5 Å². The highest BCUT2D eigenvalue weighted by Crippen LogP contribution is 2.43. The van der Waals surface area contributed by atoms with Crippen molar-refractivity contribution in [2.24, 2.45) is 0 Å². The van der Waals surface area contributed by atoms with E-state index in [4.69, 9.17) is 0 Å². The lowest BCUT2D eigenvalue weighted by atomic mass is 10.2. The highest BCUT2D eigenvalue weighted by Gasteiger charge is 2.40. The van der Waals surface area contributed by atoms with Crippen LogP contribution in [-0.4, -0.2) is 35.6 Å². The van der Waals surface area contributed by atoms with Gasteiger partial charge in [0.05, 0.1) is 5.25 Å². The maximum atomic E-state index is 13.8. The minimum atomic E-state index is -0.444. The molecule has 0 unspecified atom stereocenters. The molecule has 1 N–H and O–H groups in total. The van der Waals surface area contributed by atoms with Crippen LogP contribution in [0.3, 0.4) is 0 Å². The average molecular weight is 282 g/mol. The molecular weight excluding hydrogens is 267 g/mol. The van der Waals surface area contributed by atoms with Gasteiger partial charge in [0.25, 0.3) is 0 Å². The molecule has 0 aromatic heterocycles. The molecule has 6 heteroatoms. The summed E-state index contributed by atoms with van der Waals surface area (Å²) in [4.78, 5) is 25.0. The van der Waals surface area contributed by atoms with Crippen LogP contribution in [0.2, 0.25) is 0 Å². The van der Waals surface area contributed by atoms with Crippen LogP contribution in [0.1, 0.15) is 17.9 Å². The third kappa shape index (κ3) is 2.73. The van der Waals surface area contributed by atoms with E-state index in [1.807, 2.05) is 0 Å². The van der Waals surface area contributed by atoms with Gasteiger partial charge in [-0.05, 0) is 13.0 Å². The topological polar surface area (TPSA) is 49.4 Å². The lowest BCUT2D eigenvalue weighted by Crippen LogP contribution is -2.39. The van der Waals surface area contributed by atoms with Crippen LogP contribution in [0.4, 0.5) is 4.39 Å². The molecule has 4 nitrogen and oxygen atoms in total. The predicted octanol–water partition coefficient (Wildman–Crippen LogP) is 1.53. The van der Waals surface area contributed by atoms with Gasteiger partial charge in [0, 0.05) is 12.6 Å². The second-order valence-corrected chi connectivity index (χ2v) is 5.72. The summed E-state index contributed by atoms with van der Waals surface area (Å²) in [6, 6.07) is 6.34. The van der Waals surface area contributed by atoms with Gasteiger partial charge in [-0.15, -0.1) is 11.8 Å². The van der Waals surface area contributed by atoms with Gasteiger partial charge < -0.3 is 10.2 Å². The quantitative estimate of drug-likeness (QED) is 0.915. The molecule has 0 saturated carbocycles. The highest BCUT2D eigenvalue weighted by atomic mass is 32.2. The van der Waals surface area contributed by atoms with E-state index in [1.54, 1.807) is 25.1 Å². The summed E-state index contributed by atoms with van der Waals surface area (Å²) in [5.74, 6) is -0.755. The standard InChI is InChI=1S/C13H15FN2O2S/c1-8-12(18)16(7-11(17)15-2)13(19-8)9-5-3-4-6-10(9)14/h3-6,8,13H,7H2,1-2H3,(H,15,17)/t8-,13-/m1/s1. The Balaban J connectivity index is 2.30. The molecule has 1 saturated heterocycles. The smallest absolute Gasteiger partial charge is 0.239 e. The Kier molecular flexibility index (Phi) is 4.09. The Morgan fingerprint density at radius 1 is 1.47 bits per heavy atom. The van der Waals surface area contributed by atoms with E-state index in [-0.39, 0.29) is 29.4 Å². The van der Waals surface area contributed by atoms with E-state index in [0.717, 1.165) is 0 Å². The van der Waals surface area contributed by atoms with Crippen molar-refractivity contribution in [1.82, 2.24) is 10.2 Å². The maximum absolute atomic E-state index is 13.8. The van der Waals surface area contributed by atoms with Gasteiger partial charge in [-0.2, -0.15) is 0 Å². The molecule has 2 rings (SSSR count). The summed E-state index contributed by atoms with van der Waals surface area (Å²) in [6.45, 7) is 1.72. The first-order valence-corrected chi connectivity index (χ1v) is 6.90. The fourth-order valence-electron chi connectivity index (χ4n) is 1.99. The fourth-order valence-corrected chi connectivity index (χ4v) is 3.29. The molecule has 0 aliphatic carbocycles. The Labute approximate surface area is 115 Å². The van der Waals surface area contributed by atoms with Gasteiger partial charge >= 0.3 is 0 Å². The number of carbonyl (C=O) groups excluding carboxylic acids is 2. The average Bonchev–Trinajstić information content (AvgIpc) is 2.67. The van der Waals surface area contributed by atoms with Crippen molar-refractivity contribution in [3.63, 3.8) is 0 Å². The van der Waals surface area contributed by atoms with Crippen LogP contribution >= 0.6 is 11.8 Å². The molecule has 1 aliphatic heterocycles. The van der Waals surface area contributed by atoms with E-state index in [1.165, 1.54) is 29.8 Å². The van der Waals surface area contributed by atoms with Crippen molar-refractivity contribution in [3.05, 3.63) is 35.6 Å². The number of likely N-dealkylation sites (N-methyl/N-ethyl adjacent to an activating group) is 1. The van der Waals surface area contributed by atoms with Crippen LogP contribution in [0.15, 0.2) is 24.3 Å². The molecule has 1 aromatic carbocycles. The molecular formula is C13H15FN2O2S. The van der Waals surface area contributed by atoms with E-state index in [0.29, 0.717) is 5.56 Å². The molecule has 1 fully saturated rings. The minimum absolute atomic E-state index is 0.0499. The largest absolute Gasteiger partial charge is 0.358 e. The van der Waals surface area contributed by atoms with Gasteiger partial charge in [0.2, 0.25) is 11.8 Å². The summed E-state index contributed by atoms with van der Waals surface area (Å²) in [7, 11) is 1.51. The number of thioether (sulfide) groups is 1. The first-order chi connectivity index (χ1) is 9.04. The van der Waals surface area contributed by atoms with E-state index < -0.39 is 5.37 Å². The van der Waals surface area contributed by atoms with E-state index >= 15 is 0 Å². The fraction of sp³-hybridized carbons (Fsp3) is 0.385. The third-order valence-electron chi connectivity index (χ3n) is 3.01. The molecule has 0 spiro atoms. The first kappa shape index (κ1) is 13.9. The number of carbonyl (C=O) groups is 2. The second-order valence-electron chi connectivity index (χ2n) is 4.29. The van der Waals surface area contributed by atoms with Crippen molar-refractivity contribution in [2.75, 3.05) is 13.6 Å². The molecule has 0 bridgehead atoms. The lowest BCUT2D eigenvalue weighted by molar-refractivity contribution is -0.134. The van der Waals surface area contributed by atoms with Crippen molar-refractivity contribution in [3.8, 4) is 0 Å². The van der Waals surface area contributed by atoms with Crippen molar-refractivity contribution in [1.29, 1.82) is 0 Å². The molecule has 2 amide bonds. The van der Waals surface area contributed by atoms with E-state index in [2.05, 4.69) is 5.32 Å². The normalized spacial score (nSPS) is 22.7. The molecule has 1 heterocycles. The van der Waals surface area contributed by atoms with Crippen molar-refractivity contribution >= 4 is 23.6 Å². The molecule has 1 aromatic rings. The van der Waals surface area contributed by atoms with Gasteiger partial charge in [0.15, 0.2) is 0 Å². The monoisotopic (exact) mass is 282 g/mol. The Bertz CT molecular complexity index is 509. The molecule has 0 radical (unpaired) electrons. The number of hydrogen-bond acceptors (Lipinski definition) is 3. The summed E-state index contributed by atoms with van der Waals surface area (Å²) in [5, 5.41) is 1.77. The SMILES string of the molecule is CNC(=O)CN1C(=O)[C@@H](C)S[C@@H]1c1ccccc1F. The molecule has 19 heavy (non-hydrogen) atoms. The number of halogens is 1. The number of nitrogens with one attached hydrogen (secondary N) is 1. The van der Waals surface area contributed by atoms with Gasteiger partial charge in [-0.25, -0.2) is 4.39 Å². The number of rotatable bonds is 3. The third-order valence-corrected chi connectivity index (χ3v) is 4.39. The minimum Gasteiger partial charge on any atom is -0.358 e. The van der Waals surface area contributed by atoms with Gasteiger partial charge in [0.1, 0.15) is 17.7 Å². The Hall–Kier alpha value is -1.56. The van der Waals surface area contributed by atoms with Gasteiger partial charge in [-0.1, -0.05) is 18.2 Å². The van der Waals surface area contributed by atoms with Crippen molar-refractivity contribution < 1.29 is 14.0 Å². The molecule has 102 valence electrons. The molecule has 2 atom stereocenters. The van der Waals surface area contributed by atoms with Crippen LogP contribution in [-0.2, 0) is 9.59 Å². The predicted molar refractivity (Wildman–Crippen MR) is 72.0 cm³/mol. The second kappa shape index (κ2) is 5.61. The van der Waals surface area contributed by atoms with Crippen LogP contribution in [0, 0.1) is 5.82 Å². The summed E-state index contributed by atoms with van der Waals surface area (Å²) in [5.41, 5.74) is 0.439. The summed E-state index contributed by atoms with van der Waals surface area (Å²) < 4.78 is 13.8. The van der Waals surface area contributed by atoms with Crippen LogP contribution < -0.4 is 5.32 Å². The maximum Gasteiger partial charge on any atom is 0.239 e. The number of hydrogen-bond donors (Lipinski definition) is 1. The zero-order chi connectivity index (χ0) is 14.0. The highest BCUT2D eigenvalue weighted by molar-refractivity contribution is 8.01. The molecule has 1 aliphatic rings. The van der Waals surface area contributed by atoms with Crippen LogP contribution in [0.25, 0.3) is 0 Å². The number of amides is 2. The zero-order valence-electron chi connectivity index (χ0n) is 10.7. The van der Waals surface area contributed by atoms with Crippen LogP contribution in [0.5, 0.6) is 0 Å². The summed E-state index contributed by atoms with van der Waals surface area (Å²) in [6.07, 6.45) is 0. The van der Waals surface area contributed by atoms with Gasteiger partial charge in [-0.3, -0.25) is 9.59 Å².